The molecule has 0 aliphatic carbocycles. The number of hydrogen-bond acceptors (Lipinski definition) is 7. The van der Waals surface area contributed by atoms with Crippen LogP contribution in [-0.4, -0.2) is 22.2 Å². The van der Waals surface area contributed by atoms with E-state index in [4.69, 9.17) is 9.15 Å². The topological polar surface area (TPSA) is 110 Å². The molecule has 0 spiro atoms. The van der Waals surface area contributed by atoms with Gasteiger partial charge in [0.1, 0.15) is 5.75 Å². The van der Waals surface area contributed by atoms with Crippen molar-refractivity contribution >= 4 is 34.1 Å². The fraction of sp³-hybridized carbons (Fsp3) is 0.0588. The molecular formula is C17H13BrN4O4. The van der Waals surface area contributed by atoms with Gasteiger partial charge in [0, 0.05) is 11.8 Å². The van der Waals surface area contributed by atoms with Crippen molar-refractivity contribution in [3.8, 4) is 5.75 Å². The van der Waals surface area contributed by atoms with Gasteiger partial charge in [-0.15, -0.1) is 0 Å². The number of H-pyrrole nitrogens is 1. The van der Waals surface area contributed by atoms with Gasteiger partial charge in [-0.25, -0.2) is 15.2 Å². The summed E-state index contributed by atoms with van der Waals surface area (Å²) in [5.41, 5.74) is 3.73. The molecule has 2 aromatic heterocycles. The van der Waals surface area contributed by atoms with Crippen LogP contribution in [0.1, 0.15) is 21.8 Å². The Morgan fingerprint density at radius 2 is 2.08 bits per heavy atom. The highest BCUT2D eigenvalue weighted by Crippen LogP contribution is 2.17. The lowest BCUT2D eigenvalue weighted by atomic mass is 10.2. The molecule has 0 amide bonds. The van der Waals surface area contributed by atoms with Crippen LogP contribution in [0, 0.1) is 6.92 Å². The third-order valence-electron chi connectivity index (χ3n) is 3.12. The van der Waals surface area contributed by atoms with Crippen LogP contribution in [-0.2, 0) is 0 Å². The van der Waals surface area contributed by atoms with Crippen LogP contribution in [0.4, 0.5) is 5.95 Å². The first-order chi connectivity index (χ1) is 12.5. The van der Waals surface area contributed by atoms with E-state index in [1.807, 2.05) is 0 Å². The van der Waals surface area contributed by atoms with Crippen molar-refractivity contribution in [1.82, 2.24) is 9.97 Å². The summed E-state index contributed by atoms with van der Waals surface area (Å²) >= 11 is 3.13. The van der Waals surface area contributed by atoms with Crippen molar-refractivity contribution in [1.29, 1.82) is 0 Å². The Balaban J connectivity index is 1.60. The van der Waals surface area contributed by atoms with Crippen LogP contribution < -0.4 is 15.7 Å². The number of aromatic nitrogens is 2. The normalized spacial score (nSPS) is 10.8. The molecule has 1 aromatic carbocycles. The number of rotatable bonds is 5. The first-order valence-corrected chi connectivity index (χ1v) is 8.23. The van der Waals surface area contributed by atoms with E-state index in [0.717, 1.165) is 5.56 Å². The molecule has 132 valence electrons. The molecule has 0 radical (unpaired) electrons. The minimum absolute atomic E-state index is 0.103. The summed E-state index contributed by atoms with van der Waals surface area (Å²) in [5.74, 6) is 0.137. The summed E-state index contributed by atoms with van der Waals surface area (Å²) in [5, 5.41) is 4.00. The molecule has 2 N–H and O–H groups in total. The highest BCUT2D eigenvalue weighted by Gasteiger charge is 2.12. The number of furan rings is 1. The summed E-state index contributed by atoms with van der Waals surface area (Å²) in [6.45, 7) is 1.71. The van der Waals surface area contributed by atoms with Crippen molar-refractivity contribution in [2.45, 2.75) is 6.92 Å². The lowest BCUT2D eigenvalue weighted by Gasteiger charge is -2.03. The van der Waals surface area contributed by atoms with Crippen LogP contribution in [0.5, 0.6) is 5.75 Å². The maximum absolute atomic E-state index is 11.9. The molecule has 8 nitrogen and oxygen atoms in total. The van der Waals surface area contributed by atoms with Gasteiger partial charge in [0.2, 0.25) is 11.7 Å². The number of halogens is 1. The van der Waals surface area contributed by atoms with E-state index in [9.17, 15) is 9.59 Å². The zero-order valence-electron chi connectivity index (χ0n) is 13.5. The molecule has 3 rings (SSSR count). The Labute approximate surface area is 156 Å². The minimum atomic E-state index is -0.590. The van der Waals surface area contributed by atoms with E-state index >= 15 is 0 Å². The van der Waals surface area contributed by atoms with Crippen LogP contribution in [0.3, 0.4) is 0 Å². The van der Waals surface area contributed by atoms with E-state index in [-0.39, 0.29) is 17.3 Å². The Morgan fingerprint density at radius 1 is 1.31 bits per heavy atom. The number of anilines is 1. The number of esters is 1. The van der Waals surface area contributed by atoms with Crippen molar-refractivity contribution < 1.29 is 13.9 Å². The summed E-state index contributed by atoms with van der Waals surface area (Å²) in [6, 6.07) is 11.2. The van der Waals surface area contributed by atoms with Gasteiger partial charge < -0.3 is 9.15 Å². The largest absolute Gasteiger partial charge is 0.442 e. The Morgan fingerprint density at radius 3 is 2.73 bits per heavy atom. The molecule has 0 saturated heterocycles. The number of nitrogens with one attached hydrogen (secondary N) is 2. The molecule has 0 aliphatic rings. The fourth-order valence-electron chi connectivity index (χ4n) is 2.00. The maximum Gasteiger partial charge on any atom is 0.379 e. The summed E-state index contributed by atoms with van der Waals surface area (Å²) in [4.78, 5) is 29.8. The number of carbonyl (C=O) groups excluding carboxylic acids is 1. The van der Waals surface area contributed by atoms with Gasteiger partial charge in [0.15, 0.2) is 4.67 Å². The third-order valence-corrected chi connectivity index (χ3v) is 3.55. The van der Waals surface area contributed by atoms with Gasteiger partial charge in [-0.3, -0.25) is 9.78 Å². The van der Waals surface area contributed by atoms with Crippen LogP contribution in [0.25, 0.3) is 0 Å². The molecule has 0 unspecified atom stereocenters. The Bertz CT molecular complexity index is 1010. The molecule has 0 bridgehead atoms. The van der Waals surface area contributed by atoms with E-state index in [1.165, 1.54) is 18.3 Å². The first kappa shape index (κ1) is 17.6. The highest BCUT2D eigenvalue weighted by atomic mass is 79.9. The van der Waals surface area contributed by atoms with E-state index in [0.29, 0.717) is 16.1 Å². The van der Waals surface area contributed by atoms with Crippen molar-refractivity contribution in [2.75, 3.05) is 5.43 Å². The number of nitrogens with zero attached hydrogens (tertiary/aromatic N) is 2. The predicted molar refractivity (Wildman–Crippen MR) is 98.6 cm³/mol. The van der Waals surface area contributed by atoms with Gasteiger partial charge in [-0.1, -0.05) is 0 Å². The summed E-state index contributed by atoms with van der Waals surface area (Å²) in [6.07, 6.45) is 1.54. The number of hydrogen-bond donors (Lipinski definition) is 2. The van der Waals surface area contributed by atoms with E-state index < -0.39 is 5.97 Å². The molecule has 0 fully saturated rings. The number of hydrazone groups is 1. The average molecular weight is 417 g/mol. The quantitative estimate of drug-likeness (QED) is 0.286. The smallest absolute Gasteiger partial charge is 0.379 e. The summed E-state index contributed by atoms with van der Waals surface area (Å²) in [7, 11) is 0. The molecule has 3 aromatic rings. The third kappa shape index (κ3) is 4.67. The van der Waals surface area contributed by atoms with Gasteiger partial charge in [0.05, 0.1) is 6.21 Å². The van der Waals surface area contributed by atoms with Crippen LogP contribution in [0.2, 0.25) is 0 Å². The summed E-state index contributed by atoms with van der Waals surface area (Å²) < 4.78 is 10.8. The molecule has 0 saturated carbocycles. The monoisotopic (exact) mass is 416 g/mol. The zero-order valence-corrected chi connectivity index (χ0v) is 15.1. The zero-order chi connectivity index (χ0) is 18.5. The fourth-order valence-corrected chi connectivity index (χ4v) is 2.31. The lowest BCUT2D eigenvalue weighted by molar-refractivity contribution is 0.0700. The number of ether oxygens (including phenoxy) is 1. The lowest BCUT2D eigenvalue weighted by Crippen LogP contribution is -2.10. The van der Waals surface area contributed by atoms with E-state index in [1.54, 1.807) is 37.3 Å². The highest BCUT2D eigenvalue weighted by molar-refractivity contribution is 9.10. The average Bonchev–Trinajstić information content (AvgIpc) is 3.02. The Hall–Kier alpha value is -3.20. The molecule has 0 atom stereocenters. The predicted octanol–water partition coefficient (Wildman–Crippen LogP) is 3.10. The number of aromatic amines is 1. The SMILES string of the molecule is Cc1cc(=O)[nH]c(N/N=C/c2ccc(OC(=O)c3ccc(Br)o3)cc2)n1. The van der Waals surface area contributed by atoms with Gasteiger partial charge >= 0.3 is 5.97 Å². The van der Waals surface area contributed by atoms with Gasteiger partial charge in [0.25, 0.3) is 5.56 Å². The second-order valence-corrected chi connectivity index (χ2v) is 5.95. The molecule has 9 heteroatoms. The number of aryl methyl sites for hydroxylation is 1. The second-order valence-electron chi connectivity index (χ2n) is 5.17. The van der Waals surface area contributed by atoms with E-state index in [2.05, 4.69) is 36.4 Å². The molecular weight excluding hydrogens is 404 g/mol. The van der Waals surface area contributed by atoms with Crippen LogP contribution in [0.15, 0.2) is 61.4 Å². The number of benzene rings is 1. The minimum Gasteiger partial charge on any atom is -0.442 e. The van der Waals surface area contributed by atoms with Gasteiger partial charge in [-0.05, 0) is 64.8 Å². The first-order valence-electron chi connectivity index (χ1n) is 7.44. The van der Waals surface area contributed by atoms with Gasteiger partial charge in [-0.2, -0.15) is 5.10 Å². The van der Waals surface area contributed by atoms with Crippen molar-refractivity contribution in [3.05, 3.63) is 74.5 Å². The second kappa shape index (κ2) is 7.79. The van der Waals surface area contributed by atoms with Crippen molar-refractivity contribution in [3.63, 3.8) is 0 Å². The van der Waals surface area contributed by atoms with Crippen molar-refractivity contribution in [2.24, 2.45) is 5.10 Å². The molecule has 2 heterocycles. The Kier molecular flexibility index (Phi) is 5.28. The molecule has 26 heavy (non-hydrogen) atoms. The molecule has 0 aliphatic heterocycles. The standard InChI is InChI=1S/C17H13BrN4O4/c1-10-8-15(23)21-17(20-10)22-19-9-11-2-4-12(5-3-11)25-16(24)13-6-7-14(18)26-13/h2-9H,1H3,(H2,20,21,22,23)/b19-9+. The van der Waals surface area contributed by atoms with Crippen LogP contribution >= 0.6 is 15.9 Å². The maximum atomic E-state index is 11.9. The number of carbonyl (C=O) groups is 1.